The first kappa shape index (κ1) is 11.8. The number of anilines is 1. The van der Waals surface area contributed by atoms with Crippen molar-refractivity contribution in [1.82, 2.24) is 0 Å². The summed E-state index contributed by atoms with van der Waals surface area (Å²) in [6, 6.07) is 7.56. The summed E-state index contributed by atoms with van der Waals surface area (Å²) in [5, 5.41) is 3.16. The van der Waals surface area contributed by atoms with Gasteiger partial charge < -0.3 is 14.8 Å². The zero-order chi connectivity index (χ0) is 12.3. The van der Waals surface area contributed by atoms with Crippen molar-refractivity contribution >= 4 is 11.7 Å². The van der Waals surface area contributed by atoms with Crippen LogP contribution in [0.3, 0.4) is 0 Å². The lowest BCUT2D eigenvalue weighted by Crippen LogP contribution is -2.39. The lowest BCUT2D eigenvalue weighted by Gasteiger charge is -2.26. The zero-order valence-corrected chi connectivity index (χ0v) is 10.1. The predicted molar refractivity (Wildman–Crippen MR) is 65.1 cm³/mol. The van der Waals surface area contributed by atoms with Crippen LogP contribution in [0, 0.1) is 5.92 Å². The van der Waals surface area contributed by atoms with Gasteiger partial charge in [0.25, 0.3) is 0 Å². The number of hydrogen-bond acceptors (Lipinski definition) is 4. The van der Waals surface area contributed by atoms with Crippen molar-refractivity contribution in [1.29, 1.82) is 0 Å². The van der Waals surface area contributed by atoms with Gasteiger partial charge in [0.05, 0.1) is 18.8 Å². The minimum Gasteiger partial charge on any atom is -0.475 e. The Morgan fingerprint density at radius 3 is 3.06 bits per heavy atom. The standard InChI is InChI=1S/C13H17NO3/c1-9(2)8-16-13(15)12-7-14-10-5-3-4-6-11(10)17-12/h3-6,9,12,14H,7-8H2,1-2H3. The van der Waals surface area contributed by atoms with E-state index in [2.05, 4.69) is 5.32 Å². The van der Waals surface area contributed by atoms with E-state index in [4.69, 9.17) is 9.47 Å². The Morgan fingerprint density at radius 2 is 2.29 bits per heavy atom. The molecule has 1 aliphatic heterocycles. The number of rotatable bonds is 3. The molecule has 0 saturated carbocycles. The van der Waals surface area contributed by atoms with Crippen LogP contribution in [0.2, 0.25) is 0 Å². The largest absolute Gasteiger partial charge is 0.475 e. The van der Waals surface area contributed by atoms with Crippen LogP contribution in [0.15, 0.2) is 24.3 Å². The molecular weight excluding hydrogens is 218 g/mol. The molecule has 0 aromatic heterocycles. The van der Waals surface area contributed by atoms with E-state index in [1.54, 1.807) is 0 Å². The maximum Gasteiger partial charge on any atom is 0.349 e. The molecule has 17 heavy (non-hydrogen) atoms. The van der Waals surface area contributed by atoms with Crippen LogP contribution in [0.4, 0.5) is 5.69 Å². The van der Waals surface area contributed by atoms with Crippen molar-refractivity contribution in [2.24, 2.45) is 5.92 Å². The van der Waals surface area contributed by atoms with Crippen LogP contribution in [-0.2, 0) is 9.53 Å². The second-order valence-electron chi connectivity index (χ2n) is 4.51. The van der Waals surface area contributed by atoms with Gasteiger partial charge in [-0.15, -0.1) is 0 Å². The third-order valence-corrected chi connectivity index (χ3v) is 2.46. The third-order valence-electron chi connectivity index (χ3n) is 2.46. The van der Waals surface area contributed by atoms with E-state index in [1.807, 2.05) is 38.1 Å². The molecule has 1 aromatic carbocycles. The van der Waals surface area contributed by atoms with E-state index in [0.717, 1.165) is 5.69 Å². The van der Waals surface area contributed by atoms with Crippen molar-refractivity contribution in [2.75, 3.05) is 18.5 Å². The van der Waals surface area contributed by atoms with Crippen molar-refractivity contribution in [2.45, 2.75) is 20.0 Å². The molecule has 0 saturated heterocycles. The smallest absolute Gasteiger partial charge is 0.349 e. The summed E-state index contributed by atoms with van der Waals surface area (Å²) in [6.07, 6.45) is -0.552. The number of carbonyl (C=O) groups is 1. The van der Waals surface area contributed by atoms with Crippen molar-refractivity contribution in [3.8, 4) is 5.75 Å². The molecule has 0 aliphatic carbocycles. The molecule has 1 aliphatic rings. The first-order valence-electron chi connectivity index (χ1n) is 5.83. The Labute approximate surface area is 101 Å². The van der Waals surface area contributed by atoms with Crippen molar-refractivity contribution in [3.05, 3.63) is 24.3 Å². The number of fused-ring (bicyclic) bond motifs is 1. The van der Waals surface area contributed by atoms with Gasteiger partial charge in [-0.2, -0.15) is 0 Å². The van der Waals surface area contributed by atoms with Gasteiger partial charge in [0.15, 0.2) is 0 Å². The molecule has 92 valence electrons. The summed E-state index contributed by atoms with van der Waals surface area (Å²) in [7, 11) is 0. The summed E-state index contributed by atoms with van der Waals surface area (Å²) in [6.45, 7) is 4.89. The molecule has 4 nitrogen and oxygen atoms in total. The summed E-state index contributed by atoms with van der Waals surface area (Å²) < 4.78 is 10.7. The molecule has 2 rings (SSSR count). The van der Waals surface area contributed by atoms with Gasteiger partial charge in [0.2, 0.25) is 6.10 Å². The number of nitrogens with one attached hydrogen (secondary N) is 1. The van der Waals surface area contributed by atoms with Crippen LogP contribution >= 0.6 is 0 Å². The molecule has 0 fully saturated rings. The second kappa shape index (κ2) is 5.08. The van der Waals surface area contributed by atoms with Crippen molar-refractivity contribution in [3.63, 3.8) is 0 Å². The summed E-state index contributed by atoms with van der Waals surface area (Å²) in [5.74, 6) is 0.730. The SMILES string of the molecule is CC(C)COC(=O)C1CNc2ccccc2O1. The highest BCUT2D eigenvalue weighted by Crippen LogP contribution is 2.28. The minimum atomic E-state index is -0.552. The van der Waals surface area contributed by atoms with E-state index >= 15 is 0 Å². The lowest BCUT2D eigenvalue weighted by molar-refractivity contribution is -0.152. The van der Waals surface area contributed by atoms with Crippen LogP contribution in [0.5, 0.6) is 5.75 Å². The van der Waals surface area contributed by atoms with Gasteiger partial charge in [-0.25, -0.2) is 4.79 Å². The van der Waals surface area contributed by atoms with E-state index in [0.29, 0.717) is 24.8 Å². The Balaban J connectivity index is 1.95. The number of benzene rings is 1. The average Bonchev–Trinajstić information content (AvgIpc) is 2.35. The number of ether oxygens (including phenoxy) is 2. The number of para-hydroxylation sites is 2. The van der Waals surface area contributed by atoms with Crippen molar-refractivity contribution < 1.29 is 14.3 Å². The van der Waals surface area contributed by atoms with Gasteiger partial charge in [-0.05, 0) is 18.1 Å². The fraction of sp³-hybridized carbons (Fsp3) is 0.462. The van der Waals surface area contributed by atoms with E-state index in [9.17, 15) is 4.79 Å². The molecule has 0 amide bonds. The molecule has 1 N–H and O–H groups in total. The monoisotopic (exact) mass is 235 g/mol. The lowest BCUT2D eigenvalue weighted by atomic mass is 10.2. The normalized spacial score (nSPS) is 17.9. The number of esters is 1. The molecule has 0 radical (unpaired) electrons. The van der Waals surface area contributed by atoms with Gasteiger partial charge >= 0.3 is 5.97 Å². The highest BCUT2D eigenvalue weighted by molar-refractivity contribution is 5.77. The van der Waals surface area contributed by atoms with Gasteiger partial charge in [0.1, 0.15) is 5.75 Å². The Kier molecular flexibility index (Phi) is 3.52. The van der Waals surface area contributed by atoms with E-state index in [1.165, 1.54) is 0 Å². The zero-order valence-electron chi connectivity index (χ0n) is 10.1. The summed E-state index contributed by atoms with van der Waals surface area (Å²) in [4.78, 5) is 11.7. The Hall–Kier alpha value is -1.71. The van der Waals surface area contributed by atoms with Gasteiger partial charge in [-0.3, -0.25) is 0 Å². The molecule has 1 atom stereocenters. The molecule has 0 bridgehead atoms. The van der Waals surface area contributed by atoms with Crippen LogP contribution in [-0.4, -0.2) is 25.2 Å². The minimum absolute atomic E-state index is 0.305. The van der Waals surface area contributed by atoms with Crippen LogP contribution < -0.4 is 10.1 Å². The van der Waals surface area contributed by atoms with E-state index < -0.39 is 6.10 Å². The molecule has 1 aromatic rings. The summed E-state index contributed by atoms with van der Waals surface area (Å²) in [5.41, 5.74) is 0.917. The fourth-order valence-electron chi connectivity index (χ4n) is 1.59. The van der Waals surface area contributed by atoms with Crippen LogP contribution in [0.1, 0.15) is 13.8 Å². The molecular formula is C13H17NO3. The fourth-order valence-corrected chi connectivity index (χ4v) is 1.59. The van der Waals surface area contributed by atoms with Gasteiger partial charge in [-0.1, -0.05) is 26.0 Å². The second-order valence-corrected chi connectivity index (χ2v) is 4.51. The highest BCUT2D eigenvalue weighted by atomic mass is 16.6. The predicted octanol–water partition coefficient (Wildman–Crippen LogP) is 2.06. The Bertz CT molecular complexity index is 403. The average molecular weight is 235 g/mol. The van der Waals surface area contributed by atoms with E-state index in [-0.39, 0.29) is 5.97 Å². The first-order chi connectivity index (χ1) is 8.16. The molecule has 1 heterocycles. The molecule has 0 spiro atoms. The number of carbonyl (C=O) groups excluding carboxylic acids is 1. The summed E-state index contributed by atoms with van der Waals surface area (Å²) >= 11 is 0. The first-order valence-corrected chi connectivity index (χ1v) is 5.83. The maximum absolute atomic E-state index is 11.7. The third kappa shape index (κ3) is 2.90. The maximum atomic E-state index is 11.7. The van der Waals surface area contributed by atoms with Crippen LogP contribution in [0.25, 0.3) is 0 Å². The Morgan fingerprint density at radius 1 is 1.53 bits per heavy atom. The highest BCUT2D eigenvalue weighted by Gasteiger charge is 2.26. The number of hydrogen-bond donors (Lipinski definition) is 1. The van der Waals surface area contributed by atoms with Gasteiger partial charge in [0, 0.05) is 0 Å². The quantitative estimate of drug-likeness (QED) is 0.815. The molecule has 4 heteroatoms. The topological polar surface area (TPSA) is 47.6 Å². The molecule has 1 unspecified atom stereocenters.